The minimum Gasteiger partial charge on any atom is -0.254 e. The number of rotatable bonds is 1. The predicted octanol–water partition coefficient (Wildman–Crippen LogP) is 3.50. The number of fused-ring (bicyclic) bond motifs is 3. The first-order chi connectivity index (χ1) is 7.88. The highest BCUT2D eigenvalue weighted by Gasteiger charge is 2.02. The molecule has 0 N–H and O–H groups in total. The summed E-state index contributed by atoms with van der Waals surface area (Å²) in [5.74, 6) is 0. The van der Waals surface area contributed by atoms with E-state index in [0.717, 1.165) is 21.8 Å². The molecule has 0 amide bonds. The van der Waals surface area contributed by atoms with Crippen LogP contribution in [0.1, 0.15) is 0 Å². The molecular weight excluding hydrogens is 216 g/mol. The van der Waals surface area contributed by atoms with E-state index in [1.165, 1.54) is 4.90 Å². The molecule has 16 heavy (non-hydrogen) atoms. The topological polar surface area (TPSA) is 25.8 Å². The quantitative estimate of drug-likeness (QED) is 0.469. The van der Waals surface area contributed by atoms with Crippen molar-refractivity contribution in [1.82, 2.24) is 9.97 Å². The summed E-state index contributed by atoms with van der Waals surface area (Å²) in [6.07, 6.45) is 5.77. The molecule has 0 radical (unpaired) electrons. The van der Waals surface area contributed by atoms with Crippen molar-refractivity contribution >= 4 is 33.6 Å². The second-order valence-corrected chi connectivity index (χ2v) is 4.47. The molecule has 3 rings (SSSR count). The van der Waals surface area contributed by atoms with E-state index in [1.54, 1.807) is 11.8 Å². The van der Waals surface area contributed by atoms with Gasteiger partial charge in [0.25, 0.3) is 0 Å². The lowest BCUT2D eigenvalue weighted by molar-refractivity contribution is 1.30. The molecule has 0 saturated carbocycles. The molecule has 0 saturated heterocycles. The van der Waals surface area contributed by atoms with Crippen LogP contribution in [0.4, 0.5) is 0 Å². The van der Waals surface area contributed by atoms with Crippen LogP contribution in [0.5, 0.6) is 0 Å². The lowest BCUT2D eigenvalue weighted by atomic mass is 10.1. The van der Waals surface area contributed by atoms with Crippen LogP contribution in [0, 0.1) is 0 Å². The standard InChI is InChI=1S/C13H10N2S/c1-16-11-7-10-5-4-9-3-2-6-14-12(9)13(10)15-8-11/h2-8H,1H3. The highest BCUT2D eigenvalue weighted by molar-refractivity contribution is 7.98. The Morgan fingerprint density at radius 1 is 1.00 bits per heavy atom. The zero-order valence-electron chi connectivity index (χ0n) is 8.84. The average Bonchev–Trinajstić information content (AvgIpc) is 2.38. The Hall–Kier alpha value is -1.61. The van der Waals surface area contributed by atoms with Gasteiger partial charge in [-0.2, -0.15) is 0 Å². The minimum absolute atomic E-state index is 0.979. The summed E-state index contributed by atoms with van der Waals surface area (Å²) >= 11 is 1.71. The van der Waals surface area contributed by atoms with E-state index in [9.17, 15) is 0 Å². The molecule has 0 aliphatic heterocycles. The van der Waals surface area contributed by atoms with Crippen LogP contribution in [-0.4, -0.2) is 16.2 Å². The summed E-state index contributed by atoms with van der Waals surface area (Å²) in [5, 5.41) is 2.29. The number of hydrogen-bond acceptors (Lipinski definition) is 3. The van der Waals surface area contributed by atoms with Crippen molar-refractivity contribution in [3.8, 4) is 0 Å². The number of nitrogens with zero attached hydrogens (tertiary/aromatic N) is 2. The van der Waals surface area contributed by atoms with Crippen LogP contribution in [0.25, 0.3) is 21.8 Å². The Morgan fingerprint density at radius 2 is 1.81 bits per heavy atom. The highest BCUT2D eigenvalue weighted by atomic mass is 32.2. The summed E-state index contributed by atoms with van der Waals surface area (Å²) in [6.45, 7) is 0. The molecule has 1 aromatic carbocycles. The Labute approximate surface area is 97.7 Å². The molecule has 0 fully saturated rings. The summed E-state index contributed by atoms with van der Waals surface area (Å²) in [5.41, 5.74) is 1.96. The van der Waals surface area contributed by atoms with E-state index in [2.05, 4.69) is 40.5 Å². The maximum Gasteiger partial charge on any atom is 0.0965 e. The molecule has 0 atom stereocenters. The SMILES string of the molecule is CSc1cnc2c(ccc3cccnc32)c1. The van der Waals surface area contributed by atoms with Crippen molar-refractivity contribution in [3.05, 3.63) is 42.7 Å². The first-order valence-electron chi connectivity index (χ1n) is 5.06. The van der Waals surface area contributed by atoms with Gasteiger partial charge in [0.2, 0.25) is 0 Å². The fraction of sp³-hybridized carbons (Fsp3) is 0.0769. The molecule has 2 aromatic heterocycles. The normalized spacial score (nSPS) is 11.1. The van der Waals surface area contributed by atoms with Gasteiger partial charge in [-0.05, 0) is 18.4 Å². The van der Waals surface area contributed by atoms with E-state index in [-0.39, 0.29) is 0 Å². The third kappa shape index (κ3) is 1.44. The minimum atomic E-state index is 0.979. The second kappa shape index (κ2) is 3.76. The molecule has 3 aromatic rings. The van der Waals surface area contributed by atoms with Gasteiger partial charge in [0.05, 0.1) is 11.0 Å². The van der Waals surface area contributed by atoms with Crippen molar-refractivity contribution in [3.63, 3.8) is 0 Å². The zero-order chi connectivity index (χ0) is 11.0. The number of thioether (sulfide) groups is 1. The van der Waals surface area contributed by atoms with Crippen LogP contribution >= 0.6 is 11.8 Å². The molecule has 0 spiro atoms. The molecular formula is C13H10N2S. The lowest BCUT2D eigenvalue weighted by Gasteiger charge is -2.03. The summed E-state index contributed by atoms with van der Waals surface area (Å²) in [7, 11) is 0. The van der Waals surface area contributed by atoms with Crippen molar-refractivity contribution in [2.45, 2.75) is 4.90 Å². The Kier molecular flexibility index (Phi) is 2.26. The van der Waals surface area contributed by atoms with E-state index in [4.69, 9.17) is 0 Å². The number of hydrogen-bond donors (Lipinski definition) is 0. The summed E-state index contributed by atoms with van der Waals surface area (Å²) < 4.78 is 0. The van der Waals surface area contributed by atoms with Crippen molar-refractivity contribution in [2.75, 3.05) is 6.26 Å². The fourth-order valence-corrected chi connectivity index (χ4v) is 2.23. The average molecular weight is 226 g/mol. The monoisotopic (exact) mass is 226 g/mol. The van der Waals surface area contributed by atoms with Gasteiger partial charge in [-0.3, -0.25) is 9.97 Å². The molecule has 2 heterocycles. The number of aromatic nitrogens is 2. The van der Waals surface area contributed by atoms with Crippen molar-refractivity contribution < 1.29 is 0 Å². The Bertz CT molecular complexity index is 664. The fourth-order valence-electron chi connectivity index (χ4n) is 1.83. The van der Waals surface area contributed by atoms with Gasteiger partial charge in [0, 0.05) is 28.1 Å². The van der Waals surface area contributed by atoms with E-state index in [1.807, 2.05) is 18.5 Å². The predicted molar refractivity (Wildman–Crippen MR) is 68.8 cm³/mol. The van der Waals surface area contributed by atoms with Gasteiger partial charge in [0.15, 0.2) is 0 Å². The van der Waals surface area contributed by atoms with Crippen LogP contribution in [0.15, 0.2) is 47.6 Å². The van der Waals surface area contributed by atoms with Gasteiger partial charge < -0.3 is 0 Å². The molecule has 78 valence electrons. The van der Waals surface area contributed by atoms with Crippen LogP contribution in [0.2, 0.25) is 0 Å². The van der Waals surface area contributed by atoms with E-state index in [0.29, 0.717) is 0 Å². The highest BCUT2D eigenvalue weighted by Crippen LogP contribution is 2.24. The first kappa shape index (κ1) is 9.60. The van der Waals surface area contributed by atoms with Crippen LogP contribution in [0.3, 0.4) is 0 Å². The Balaban J connectivity index is 2.43. The van der Waals surface area contributed by atoms with Gasteiger partial charge >= 0.3 is 0 Å². The van der Waals surface area contributed by atoms with E-state index < -0.39 is 0 Å². The summed E-state index contributed by atoms with van der Waals surface area (Å²) in [6, 6.07) is 10.4. The van der Waals surface area contributed by atoms with Gasteiger partial charge in [-0.1, -0.05) is 18.2 Å². The maximum absolute atomic E-state index is 4.50. The zero-order valence-corrected chi connectivity index (χ0v) is 9.66. The largest absolute Gasteiger partial charge is 0.254 e. The molecule has 2 nitrogen and oxygen atoms in total. The van der Waals surface area contributed by atoms with E-state index >= 15 is 0 Å². The van der Waals surface area contributed by atoms with Gasteiger partial charge in [-0.25, -0.2) is 0 Å². The third-order valence-electron chi connectivity index (χ3n) is 2.63. The van der Waals surface area contributed by atoms with Crippen LogP contribution < -0.4 is 0 Å². The molecule has 0 bridgehead atoms. The first-order valence-corrected chi connectivity index (χ1v) is 6.28. The molecule has 0 unspecified atom stereocenters. The maximum atomic E-state index is 4.50. The summed E-state index contributed by atoms with van der Waals surface area (Å²) in [4.78, 5) is 10.1. The van der Waals surface area contributed by atoms with Gasteiger partial charge in [-0.15, -0.1) is 11.8 Å². The van der Waals surface area contributed by atoms with Crippen molar-refractivity contribution in [2.24, 2.45) is 0 Å². The lowest BCUT2D eigenvalue weighted by Crippen LogP contribution is -1.85. The number of benzene rings is 1. The molecule has 0 aliphatic carbocycles. The third-order valence-corrected chi connectivity index (χ3v) is 3.33. The van der Waals surface area contributed by atoms with Crippen LogP contribution in [-0.2, 0) is 0 Å². The Morgan fingerprint density at radius 3 is 2.69 bits per heavy atom. The smallest absolute Gasteiger partial charge is 0.0965 e. The molecule has 3 heteroatoms. The molecule has 0 aliphatic rings. The second-order valence-electron chi connectivity index (χ2n) is 3.59. The number of pyridine rings is 2. The van der Waals surface area contributed by atoms with Crippen molar-refractivity contribution in [1.29, 1.82) is 0 Å². The van der Waals surface area contributed by atoms with Gasteiger partial charge in [0.1, 0.15) is 0 Å².